The Morgan fingerprint density at radius 3 is 2.65 bits per heavy atom. The first-order chi connectivity index (χ1) is 11.1. The summed E-state index contributed by atoms with van der Waals surface area (Å²) in [6, 6.07) is 6.30. The van der Waals surface area contributed by atoms with Gasteiger partial charge in [0.25, 0.3) is 5.91 Å². The molecule has 3 saturated carbocycles. The largest absolute Gasteiger partial charge is 0.351 e. The number of aromatic nitrogens is 1. The van der Waals surface area contributed by atoms with Gasteiger partial charge in [0.2, 0.25) is 0 Å². The molecule has 3 aliphatic rings. The van der Waals surface area contributed by atoms with Crippen LogP contribution in [0.25, 0.3) is 10.9 Å². The van der Waals surface area contributed by atoms with Gasteiger partial charge in [-0.3, -0.25) is 4.79 Å². The molecule has 0 saturated heterocycles. The van der Waals surface area contributed by atoms with Crippen LogP contribution in [0.5, 0.6) is 0 Å². The number of hydrogen-bond acceptors (Lipinski definition) is 1. The lowest BCUT2D eigenvalue weighted by Crippen LogP contribution is -2.43. The molecule has 0 unspecified atom stereocenters. The quantitative estimate of drug-likeness (QED) is 0.906. The summed E-state index contributed by atoms with van der Waals surface area (Å²) in [7, 11) is 2.01. The van der Waals surface area contributed by atoms with Gasteiger partial charge in [-0.1, -0.05) is 12.1 Å². The van der Waals surface area contributed by atoms with Crippen LogP contribution >= 0.6 is 0 Å². The van der Waals surface area contributed by atoms with E-state index < -0.39 is 0 Å². The van der Waals surface area contributed by atoms with Gasteiger partial charge < -0.3 is 9.88 Å². The minimum absolute atomic E-state index is 0.0847. The van der Waals surface area contributed by atoms with Crippen molar-refractivity contribution in [2.45, 2.75) is 45.4 Å². The van der Waals surface area contributed by atoms with E-state index in [9.17, 15) is 4.79 Å². The Morgan fingerprint density at radius 1 is 1.26 bits per heavy atom. The summed E-state index contributed by atoms with van der Waals surface area (Å²) >= 11 is 0. The number of amides is 1. The van der Waals surface area contributed by atoms with Crippen LogP contribution in [0.15, 0.2) is 24.4 Å². The fourth-order valence-corrected chi connectivity index (χ4v) is 4.64. The maximum absolute atomic E-state index is 12.7. The summed E-state index contributed by atoms with van der Waals surface area (Å²) in [5.74, 6) is 1.05. The second-order valence-electron chi connectivity index (χ2n) is 7.84. The first-order valence-electron chi connectivity index (χ1n) is 8.90. The average molecular weight is 310 g/mol. The fourth-order valence-electron chi connectivity index (χ4n) is 4.64. The topological polar surface area (TPSA) is 34.0 Å². The first-order valence-corrected chi connectivity index (χ1v) is 8.90. The highest BCUT2D eigenvalue weighted by Gasteiger charge is 2.40. The van der Waals surface area contributed by atoms with E-state index in [1.807, 2.05) is 13.2 Å². The number of fused-ring (bicyclic) bond motifs is 4. The Bertz CT molecular complexity index is 737. The van der Waals surface area contributed by atoms with Crippen molar-refractivity contribution >= 4 is 16.8 Å². The minimum atomic E-state index is 0.0847. The summed E-state index contributed by atoms with van der Waals surface area (Å²) < 4.78 is 2.06. The molecule has 3 heteroatoms. The van der Waals surface area contributed by atoms with Gasteiger partial charge >= 0.3 is 0 Å². The zero-order valence-corrected chi connectivity index (χ0v) is 14.2. The Labute approximate surface area is 138 Å². The van der Waals surface area contributed by atoms with E-state index in [1.54, 1.807) is 0 Å². The van der Waals surface area contributed by atoms with Crippen LogP contribution in [-0.2, 0) is 7.05 Å². The van der Waals surface area contributed by atoms with Crippen molar-refractivity contribution in [2.75, 3.05) is 6.54 Å². The molecule has 1 heterocycles. The molecule has 0 radical (unpaired) electrons. The van der Waals surface area contributed by atoms with Gasteiger partial charge in [-0.15, -0.1) is 0 Å². The van der Waals surface area contributed by atoms with E-state index in [-0.39, 0.29) is 5.91 Å². The molecule has 5 rings (SSSR count). The van der Waals surface area contributed by atoms with Crippen molar-refractivity contribution in [3.8, 4) is 0 Å². The molecule has 122 valence electrons. The summed E-state index contributed by atoms with van der Waals surface area (Å²) in [5, 5.41) is 4.31. The third-order valence-corrected chi connectivity index (χ3v) is 6.26. The molecule has 2 bridgehead atoms. The summed E-state index contributed by atoms with van der Waals surface area (Å²) in [6.07, 6.45) is 9.96. The average Bonchev–Trinajstić information content (AvgIpc) is 2.91. The Morgan fingerprint density at radius 2 is 1.96 bits per heavy atom. The van der Waals surface area contributed by atoms with Gasteiger partial charge in [0, 0.05) is 30.7 Å². The number of hydrogen-bond donors (Lipinski definition) is 1. The van der Waals surface area contributed by atoms with E-state index in [0.29, 0.717) is 5.41 Å². The third kappa shape index (κ3) is 2.56. The van der Waals surface area contributed by atoms with Gasteiger partial charge in [-0.2, -0.15) is 0 Å². The molecular weight excluding hydrogens is 284 g/mol. The van der Waals surface area contributed by atoms with Crippen LogP contribution in [0.1, 0.15) is 54.4 Å². The maximum Gasteiger partial charge on any atom is 0.253 e. The number of carbonyl (C=O) groups is 1. The van der Waals surface area contributed by atoms with Gasteiger partial charge in [0.15, 0.2) is 0 Å². The molecule has 0 atom stereocenters. The molecule has 0 aliphatic heterocycles. The number of aryl methyl sites for hydroxylation is 2. The molecular formula is C20H26N2O. The van der Waals surface area contributed by atoms with Crippen LogP contribution in [-0.4, -0.2) is 17.0 Å². The standard InChI is InChI=1S/C20H26N2O/c1-14-3-4-16-17(12-22(2)18(16)11-14)19(23)21-13-20-8-5-15(6-9-20)7-10-20/h3-4,11-12,15H,5-10,13H2,1-2H3,(H,21,23). The van der Waals surface area contributed by atoms with E-state index >= 15 is 0 Å². The maximum atomic E-state index is 12.7. The molecule has 1 aromatic carbocycles. The van der Waals surface area contributed by atoms with E-state index in [1.165, 1.54) is 44.1 Å². The van der Waals surface area contributed by atoms with Crippen molar-refractivity contribution < 1.29 is 4.79 Å². The number of carbonyl (C=O) groups excluding carboxylic acids is 1. The van der Waals surface area contributed by atoms with Gasteiger partial charge in [0.1, 0.15) is 0 Å². The molecule has 23 heavy (non-hydrogen) atoms. The zero-order valence-electron chi connectivity index (χ0n) is 14.2. The Kier molecular flexibility index (Phi) is 3.47. The number of rotatable bonds is 3. The van der Waals surface area contributed by atoms with Crippen LogP contribution in [0, 0.1) is 18.3 Å². The summed E-state index contributed by atoms with van der Waals surface area (Å²) in [5.41, 5.74) is 3.55. The predicted molar refractivity (Wildman–Crippen MR) is 93.6 cm³/mol. The highest BCUT2D eigenvalue weighted by molar-refractivity contribution is 6.07. The lowest BCUT2D eigenvalue weighted by molar-refractivity contribution is 0.0598. The van der Waals surface area contributed by atoms with Crippen LogP contribution in [0.4, 0.5) is 0 Å². The van der Waals surface area contributed by atoms with Gasteiger partial charge in [-0.05, 0) is 68.4 Å². The molecule has 3 fully saturated rings. The van der Waals surface area contributed by atoms with Crippen LogP contribution in [0.2, 0.25) is 0 Å². The second-order valence-corrected chi connectivity index (χ2v) is 7.84. The van der Waals surface area contributed by atoms with Crippen molar-refractivity contribution in [3.05, 3.63) is 35.5 Å². The molecule has 0 spiro atoms. The van der Waals surface area contributed by atoms with Crippen molar-refractivity contribution in [3.63, 3.8) is 0 Å². The van der Waals surface area contributed by atoms with Crippen molar-refractivity contribution in [2.24, 2.45) is 18.4 Å². The molecule has 1 aromatic heterocycles. The predicted octanol–water partition coefficient (Wildman–Crippen LogP) is 4.19. The van der Waals surface area contributed by atoms with E-state index in [2.05, 4.69) is 35.0 Å². The van der Waals surface area contributed by atoms with Crippen molar-refractivity contribution in [1.82, 2.24) is 9.88 Å². The molecule has 3 aliphatic carbocycles. The van der Waals surface area contributed by atoms with E-state index in [0.717, 1.165) is 28.9 Å². The van der Waals surface area contributed by atoms with Crippen LogP contribution < -0.4 is 5.32 Å². The highest BCUT2D eigenvalue weighted by atomic mass is 16.1. The monoisotopic (exact) mass is 310 g/mol. The van der Waals surface area contributed by atoms with E-state index in [4.69, 9.17) is 0 Å². The molecule has 2 aromatic rings. The molecule has 1 N–H and O–H groups in total. The lowest BCUT2D eigenvalue weighted by atomic mass is 9.61. The lowest BCUT2D eigenvalue weighted by Gasteiger charge is -2.46. The summed E-state index contributed by atoms with van der Waals surface area (Å²) in [6.45, 7) is 2.94. The Hall–Kier alpha value is -1.77. The second kappa shape index (κ2) is 5.40. The van der Waals surface area contributed by atoms with Crippen molar-refractivity contribution in [1.29, 1.82) is 0 Å². The van der Waals surface area contributed by atoms with Gasteiger partial charge in [0.05, 0.1) is 5.56 Å². The third-order valence-electron chi connectivity index (χ3n) is 6.26. The molecule has 1 amide bonds. The number of nitrogens with zero attached hydrogens (tertiary/aromatic N) is 1. The number of nitrogens with one attached hydrogen (secondary N) is 1. The molecule has 3 nitrogen and oxygen atoms in total. The fraction of sp³-hybridized carbons (Fsp3) is 0.550. The highest BCUT2D eigenvalue weighted by Crippen LogP contribution is 2.49. The number of benzene rings is 1. The smallest absolute Gasteiger partial charge is 0.253 e. The first kappa shape index (κ1) is 14.8. The van der Waals surface area contributed by atoms with Crippen LogP contribution in [0.3, 0.4) is 0 Å². The SMILES string of the molecule is Cc1ccc2c(C(=O)NCC34CCC(CC3)CC4)cn(C)c2c1. The summed E-state index contributed by atoms with van der Waals surface area (Å²) in [4.78, 5) is 12.7. The Balaban J connectivity index is 1.53. The normalized spacial score (nSPS) is 26.6. The zero-order chi connectivity index (χ0) is 16.0. The van der Waals surface area contributed by atoms with Gasteiger partial charge in [-0.25, -0.2) is 0 Å². The minimum Gasteiger partial charge on any atom is -0.351 e.